The van der Waals surface area contributed by atoms with E-state index in [0.717, 1.165) is 18.2 Å². The summed E-state index contributed by atoms with van der Waals surface area (Å²) in [5.41, 5.74) is -0.695. The molecule has 0 N–H and O–H groups in total. The van der Waals surface area contributed by atoms with Crippen molar-refractivity contribution in [2.75, 3.05) is 32.8 Å². The van der Waals surface area contributed by atoms with Gasteiger partial charge < -0.3 is 14.4 Å². The Hall–Kier alpha value is -2.55. The number of morpholine rings is 1. The molecule has 2 saturated heterocycles. The summed E-state index contributed by atoms with van der Waals surface area (Å²) in [4.78, 5) is 41.1. The van der Waals surface area contributed by atoms with Gasteiger partial charge in [-0.05, 0) is 51.0 Å². The van der Waals surface area contributed by atoms with Gasteiger partial charge in [0, 0.05) is 25.6 Å². The molecule has 0 radical (unpaired) electrons. The Bertz CT molecular complexity index is 849. The second-order valence-corrected chi connectivity index (χ2v) is 8.88. The van der Waals surface area contributed by atoms with E-state index in [0.29, 0.717) is 26.3 Å². The molecule has 2 unspecified atom stereocenters. The summed E-state index contributed by atoms with van der Waals surface area (Å²) in [7, 11) is 0. The summed E-state index contributed by atoms with van der Waals surface area (Å²) < 4.78 is 38.7. The molecule has 170 valence electrons. The maximum Gasteiger partial charge on any atom is 0.410 e. The number of ether oxygens (including phenoxy) is 2. The maximum atomic E-state index is 14.3. The Morgan fingerprint density at radius 3 is 2.48 bits per heavy atom. The molecule has 1 aromatic carbocycles. The van der Waals surface area contributed by atoms with Crippen LogP contribution in [0.25, 0.3) is 0 Å². The van der Waals surface area contributed by atoms with Crippen molar-refractivity contribution in [1.29, 1.82) is 0 Å². The second kappa shape index (κ2) is 9.30. The van der Waals surface area contributed by atoms with E-state index in [1.54, 1.807) is 25.7 Å². The van der Waals surface area contributed by atoms with Crippen molar-refractivity contribution in [2.45, 2.75) is 51.2 Å². The normalized spacial score (nSPS) is 21.8. The standard InChI is InChI=1S/C22H28F2N2O5/c1-22(2,3)31-21(29)26-13-14(16-11-15(23)4-5-17(16)24)10-18(26)19(27)12-20(28)25-6-8-30-9-7-25/h4-5,11,14,18H,6-10,12-13H2,1-3H3. The average Bonchev–Trinajstić information content (AvgIpc) is 3.15. The van der Waals surface area contributed by atoms with E-state index < -0.39 is 41.1 Å². The first-order chi connectivity index (χ1) is 14.5. The first-order valence-electron chi connectivity index (χ1n) is 10.4. The van der Waals surface area contributed by atoms with Crippen LogP contribution in [-0.2, 0) is 19.1 Å². The topological polar surface area (TPSA) is 76.2 Å². The molecule has 7 nitrogen and oxygen atoms in total. The first-order valence-corrected chi connectivity index (χ1v) is 10.4. The van der Waals surface area contributed by atoms with Crippen LogP contribution in [-0.4, -0.2) is 72.1 Å². The van der Waals surface area contributed by atoms with Crippen LogP contribution in [0.4, 0.5) is 13.6 Å². The third kappa shape index (κ3) is 5.78. The van der Waals surface area contributed by atoms with E-state index in [2.05, 4.69) is 0 Å². The number of rotatable bonds is 4. The lowest BCUT2D eigenvalue weighted by atomic mass is 9.94. The lowest BCUT2D eigenvalue weighted by Gasteiger charge is -2.29. The molecule has 2 amide bonds. The molecule has 0 saturated carbocycles. The summed E-state index contributed by atoms with van der Waals surface area (Å²) >= 11 is 0. The van der Waals surface area contributed by atoms with Gasteiger partial charge in [-0.3, -0.25) is 14.5 Å². The third-order valence-electron chi connectivity index (χ3n) is 5.39. The van der Waals surface area contributed by atoms with Gasteiger partial charge in [-0.25, -0.2) is 13.6 Å². The predicted octanol–water partition coefficient (Wildman–Crippen LogP) is 2.88. The lowest BCUT2D eigenvalue weighted by molar-refractivity contribution is -0.139. The van der Waals surface area contributed by atoms with Crippen molar-refractivity contribution in [3.8, 4) is 0 Å². The molecule has 3 rings (SSSR count). The summed E-state index contributed by atoms with van der Waals surface area (Å²) in [6, 6.07) is 2.18. The molecule has 31 heavy (non-hydrogen) atoms. The number of nitrogens with zero attached hydrogens (tertiary/aromatic N) is 2. The Balaban J connectivity index is 1.79. The molecule has 9 heteroatoms. The predicted molar refractivity (Wildman–Crippen MR) is 107 cm³/mol. The molecule has 0 spiro atoms. The van der Waals surface area contributed by atoms with Crippen LogP contribution in [0.15, 0.2) is 18.2 Å². The fourth-order valence-corrected chi connectivity index (χ4v) is 3.91. The summed E-state index contributed by atoms with van der Waals surface area (Å²) in [6.07, 6.45) is -0.999. The molecule has 2 fully saturated rings. The highest BCUT2D eigenvalue weighted by atomic mass is 19.1. The highest BCUT2D eigenvalue weighted by molar-refractivity contribution is 6.01. The van der Waals surface area contributed by atoms with Gasteiger partial charge >= 0.3 is 6.09 Å². The van der Waals surface area contributed by atoms with Gasteiger partial charge in [0.15, 0.2) is 5.78 Å². The van der Waals surface area contributed by atoms with E-state index in [1.165, 1.54) is 4.90 Å². The van der Waals surface area contributed by atoms with Gasteiger partial charge in [-0.15, -0.1) is 0 Å². The number of Topliss-reactive ketones (excluding diaryl/α,β-unsaturated/α-hetero) is 1. The first kappa shape index (κ1) is 23.1. The number of hydrogen-bond donors (Lipinski definition) is 0. The van der Waals surface area contributed by atoms with Crippen LogP contribution in [0.3, 0.4) is 0 Å². The minimum atomic E-state index is -0.951. The van der Waals surface area contributed by atoms with Crippen LogP contribution in [0.1, 0.15) is 45.1 Å². The largest absolute Gasteiger partial charge is 0.444 e. The maximum absolute atomic E-state index is 14.3. The van der Waals surface area contributed by atoms with Gasteiger partial charge in [0.2, 0.25) is 5.91 Å². The van der Waals surface area contributed by atoms with E-state index in [1.807, 2.05) is 0 Å². The molecule has 2 heterocycles. The fraction of sp³-hybridized carbons (Fsp3) is 0.591. The molecule has 2 aliphatic rings. The number of hydrogen-bond acceptors (Lipinski definition) is 5. The minimum absolute atomic E-state index is 0.00254. The van der Waals surface area contributed by atoms with Gasteiger partial charge in [0.1, 0.15) is 17.2 Å². The Morgan fingerprint density at radius 1 is 1.16 bits per heavy atom. The third-order valence-corrected chi connectivity index (χ3v) is 5.39. The summed E-state index contributed by atoms with van der Waals surface area (Å²) in [5, 5.41) is 0. The van der Waals surface area contributed by atoms with Gasteiger partial charge in [-0.1, -0.05) is 0 Å². The van der Waals surface area contributed by atoms with Crippen molar-refractivity contribution in [3.63, 3.8) is 0 Å². The smallest absolute Gasteiger partial charge is 0.410 e. The number of carbonyl (C=O) groups is 3. The zero-order valence-electron chi connectivity index (χ0n) is 18.0. The van der Waals surface area contributed by atoms with E-state index in [9.17, 15) is 23.2 Å². The second-order valence-electron chi connectivity index (χ2n) is 8.88. The molecule has 2 atom stereocenters. The van der Waals surface area contributed by atoms with Crippen LogP contribution in [0, 0.1) is 11.6 Å². The molecule has 0 aromatic heterocycles. The monoisotopic (exact) mass is 438 g/mol. The molecule has 2 aliphatic heterocycles. The molecular weight excluding hydrogens is 410 g/mol. The van der Waals surface area contributed by atoms with Crippen LogP contribution in [0.2, 0.25) is 0 Å². The van der Waals surface area contributed by atoms with Crippen LogP contribution < -0.4 is 0 Å². The van der Waals surface area contributed by atoms with Crippen molar-refractivity contribution in [1.82, 2.24) is 9.80 Å². The zero-order valence-corrected chi connectivity index (χ0v) is 18.0. The van der Waals surface area contributed by atoms with Gasteiger partial charge in [0.05, 0.1) is 25.7 Å². The fourth-order valence-electron chi connectivity index (χ4n) is 3.91. The lowest BCUT2D eigenvalue weighted by Crippen LogP contribution is -2.46. The molecule has 0 aliphatic carbocycles. The Labute approximate surface area is 180 Å². The molecular formula is C22H28F2N2O5. The van der Waals surface area contributed by atoms with Crippen molar-refractivity contribution in [2.24, 2.45) is 0 Å². The zero-order chi connectivity index (χ0) is 22.8. The number of halogens is 2. The minimum Gasteiger partial charge on any atom is -0.444 e. The van der Waals surface area contributed by atoms with Crippen molar-refractivity contribution >= 4 is 17.8 Å². The molecule has 1 aromatic rings. The van der Waals surface area contributed by atoms with Crippen molar-refractivity contribution in [3.05, 3.63) is 35.4 Å². The Kier molecular flexibility index (Phi) is 6.93. The summed E-state index contributed by atoms with van der Waals surface area (Å²) in [5.74, 6) is -2.57. The van der Waals surface area contributed by atoms with Crippen LogP contribution in [0.5, 0.6) is 0 Å². The average molecular weight is 438 g/mol. The number of benzene rings is 1. The SMILES string of the molecule is CC(C)(C)OC(=O)N1CC(c2cc(F)ccc2F)CC1C(=O)CC(=O)N1CCOCC1. The highest BCUT2D eigenvalue weighted by Crippen LogP contribution is 2.35. The van der Waals surface area contributed by atoms with E-state index >= 15 is 0 Å². The summed E-state index contributed by atoms with van der Waals surface area (Å²) in [6.45, 7) is 6.73. The Morgan fingerprint density at radius 2 is 1.84 bits per heavy atom. The van der Waals surface area contributed by atoms with Gasteiger partial charge in [-0.2, -0.15) is 0 Å². The quantitative estimate of drug-likeness (QED) is 0.676. The number of ketones is 1. The highest BCUT2D eigenvalue weighted by Gasteiger charge is 2.43. The number of likely N-dealkylation sites (tertiary alicyclic amines) is 1. The molecule has 0 bridgehead atoms. The van der Waals surface area contributed by atoms with Crippen molar-refractivity contribution < 1.29 is 32.6 Å². The number of carbonyl (C=O) groups excluding carboxylic acids is 3. The van der Waals surface area contributed by atoms with E-state index in [-0.39, 0.29) is 30.9 Å². The van der Waals surface area contributed by atoms with Crippen LogP contribution >= 0.6 is 0 Å². The number of amides is 2. The van der Waals surface area contributed by atoms with Gasteiger partial charge in [0.25, 0.3) is 0 Å². The van der Waals surface area contributed by atoms with E-state index in [4.69, 9.17) is 9.47 Å².